The molecule has 2 aromatic rings. The summed E-state index contributed by atoms with van der Waals surface area (Å²) in [6.45, 7) is 7.13. The summed E-state index contributed by atoms with van der Waals surface area (Å²) in [6.07, 6.45) is 4.59. The van der Waals surface area contributed by atoms with Crippen molar-refractivity contribution in [2.24, 2.45) is 0 Å². The number of unbranched alkanes of at least 4 members (excludes halogenated alkanes) is 2. The lowest BCUT2D eigenvalue weighted by molar-refractivity contribution is -0.121. The Kier molecular flexibility index (Phi) is 6.46. The first-order chi connectivity index (χ1) is 13.9. The Labute approximate surface area is 171 Å². The second kappa shape index (κ2) is 9.03. The van der Waals surface area contributed by atoms with E-state index in [9.17, 15) is 14.4 Å². The molecule has 0 fully saturated rings. The number of amides is 3. The van der Waals surface area contributed by atoms with Crippen molar-refractivity contribution in [3.63, 3.8) is 0 Å². The highest BCUT2D eigenvalue weighted by atomic mass is 16.2. The van der Waals surface area contributed by atoms with Gasteiger partial charge in [-0.2, -0.15) is 5.10 Å². The summed E-state index contributed by atoms with van der Waals surface area (Å²) < 4.78 is 1.87. The van der Waals surface area contributed by atoms with Crippen LogP contribution in [0.15, 0.2) is 30.5 Å². The summed E-state index contributed by atoms with van der Waals surface area (Å²) in [5.74, 6) is -0.442. The highest BCUT2D eigenvalue weighted by molar-refractivity contribution is 6.21. The van der Waals surface area contributed by atoms with Gasteiger partial charge in [-0.3, -0.25) is 24.0 Å². The molecule has 3 rings (SSSR count). The molecule has 7 nitrogen and oxygen atoms in total. The van der Waals surface area contributed by atoms with Crippen LogP contribution >= 0.6 is 0 Å². The van der Waals surface area contributed by atoms with Gasteiger partial charge in [0.15, 0.2) is 0 Å². The van der Waals surface area contributed by atoms with Crippen LogP contribution < -0.4 is 5.32 Å². The Morgan fingerprint density at radius 2 is 1.76 bits per heavy atom. The number of rotatable bonds is 9. The van der Waals surface area contributed by atoms with Crippen LogP contribution in [-0.2, 0) is 11.3 Å². The number of hydrogen-bond donors (Lipinski definition) is 1. The zero-order valence-electron chi connectivity index (χ0n) is 17.3. The van der Waals surface area contributed by atoms with Gasteiger partial charge < -0.3 is 5.32 Å². The summed E-state index contributed by atoms with van der Waals surface area (Å²) in [7, 11) is 0. The Morgan fingerprint density at radius 3 is 2.34 bits per heavy atom. The molecule has 1 unspecified atom stereocenters. The van der Waals surface area contributed by atoms with E-state index in [1.807, 2.05) is 31.6 Å². The summed E-state index contributed by atoms with van der Waals surface area (Å²) in [4.78, 5) is 38.2. The third kappa shape index (κ3) is 4.55. The molecule has 0 saturated heterocycles. The van der Waals surface area contributed by atoms with Gasteiger partial charge in [0.1, 0.15) is 0 Å². The van der Waals surface area contributed by atoms with Gasteiger partial charge in [0.05, 0.1) is 22.9 Å². The predicted molar refractivity (Wildman–Crippen MR) is 109 cm³/mol. The molecule has 7 heteroatoms. The quantitative estimate of drug-likeness (QED) is 0.521. The van der Waals surface area contributed by atoms with E-state index in [0.29, 0.717) is 30.5 Å². The molecule has 1 aromatic heterocycles. The molecule has 1 aliphatic rings. The number of hydrogen-bond acceptors (Lipinski definition) is 4. The van der Waals surface area contributed by atoms with Crippen LogP contribution in [0.5, 0.6) is 0 Å². The zero-order chi connectivity index (χ0) is 21.0. The first-order valence-corrected chi connectivity index (χ1v) is 10.2. The highest BCUT2D eigenvalue weighted by Gasteiger charge is 2.34. The van der Waals surface area contributed by atoms with Gasteiger partial charge in [0.2, 0.25) is 5.91 Å². The summed E-state index contributed by atoms with van der Waals surface area (Å²) >= 11 is 0. The first kappa shape index (κ1) is 20.8. The molecular weight excluding hydrogens is 368 g/mol. The number of imide groups is 1. The monoisotopic (exact) mass is 396 g/mol. The predicted octanol–water partition coefficient (Wildman–Crippen LogP) is 3.25. The largest absolute Gasteiger partial charge is 0.349 e. The Hall–Kier alpha value is -2.96. The van der Waals surface area contributed by atoms with Gasteiger partial charge in [0, 0.05) is 31.3 Å². The molecule has 3 amide bonds. The lowest BCUT2D eigenvalue weighted by Crippen LogP contribution is -2.30. The summed E-state index contributed by atoms with van der Waals surface area (Å²) in [5.41, 5.74) is 2.92. The zero-order valence-corrected chi connectivity index (χ0v) is 17.3. The van der Waals surface area contributed by atoms with Crippen molar-refractivity contribution >= 4 is 17.7 Å². The number of nitrogens with one attached hydrogen (secondary N) is 1. The number of benzene rings is 1. The van der Waals surface area contributed by atoms with Crippen molar-refractivity contribution in [2.75, 3.05) is 6.54 Å². The average Bonchev–Trinajstić information content (AvgIpc) is 3.20. The summed E-state index contributed by atoms with van der Waals surface area (Å²) in [6, 6.07) is 6.82. The number of carbonyl (C=O) groups excluding carboxylic acids is 3. The van der Waals surface area contributed by atoms with E-state index in [1.165, 1.54) is 4.90 Å². The Balaban J connectivity index is 1.39. The lowest BCUT2D eigenvalue weighted by atomic mass is 10.1. The molecule has 1 aliphatic heterocycles. The van der Waals surface area contributed by atoms with Crippen molar-refractivity contribution in [3.8, 4) is 0 Å². The molecule has 0 bridgehead atoms. The minimum Gasteiger partial charge on any atom is -0.349 e. The molecular formula is C22H28N4O3. The molecule has 1 aromatic carbocycles. The number of carbonyl (C=O) groups is 3. The topological polar surface area (TPSA) is 84.3 Å². The summed E-state index contributed by atoms with van der Waals surface area (Å²) in [5, 5.41) is 7.44. The van der Waals surface area contributed by atoms with Crippen LogP contribution in [0.2, 0.25) is 0 Å². The van der Waals surface area contributed by atoms with Gasteiger partial charge in [-0.25, -0.2) is 0 Å². The minimum atomic E-state index is -0.222. The maximum atomic E-state index is 12.3. The van der Waals surface area contributed by atoms with Crippen molar-refractivity contribution in [1.29, 1.82) is 0 Å². The minimum absolute atomic E-state index is 0.00174. The van der Waals surface area contributed by atoms with E-state index >= 15 is 0 Å². The lowest BCUT2D eigenvalue weighted by Gasteiger charge is -2.14. The SMILES string of the molecule is CCn1cc(C(C)NC(=O)CCCCCN2C(=O)c3ccccc3C2=O)c(C)n1. The Bertz CT molecular complexity index is 884. The van der Waals surface area contributed by atoms with Crippen LogP contribution in [0.1, 0.15) is 77.5 Å². The van der Waals surface area contributed by atoms with E-state index in [2.05, 4.69) is 10.4 Å². The number of nitrogens with zero attached hydrogens (tertiary/aromatic N) is 3. The van der Waals surface area contributed by atoms with Crippen molar-refractivity contribution in [1.82, 2.24) is 20.0 Å². The van der Waals surface area contributed by atoms with E-state index in [0.717, 1.165) is 30.6 Å². The van der Waals surface area contributed by atoms with E-state index in [1.54, 1.807) is 24.3 Å². The van der Waals surface area contributed by atoms with E-state index < -0.39 is 0 Å². The highest BCUT2D eigenvalue weighted by Crippen LogP contribution is 2.23. The molecule has 1 N–H and O–H groups in total. The van der Waals surface area contributed by atoms with Gasteiger partial charge in [0.25, 0.3) is 11.8 Å². The van der Waals surface area contributed by atoms with Crippen molar-refractivity contribution in [3.05, 3.63) is 52.8 Å². The molecule has 0 spiro atoms. The molecule has 0 radical (unpaired) electrons. The fraction of sp³-hybridized carbons (Fsp3) is 0.455. The fourth-order valence-electron chi connectivity index (χ4n) is 3.69. The number of aromatic nitrogens is 2. The third-order valence-corrected chi connectivity index (χ3v) is 5.32. The molecule has 2 heterocycles. The van der Waals surface area contributed by atoms with Crippen LogP contribution in [0.25, 0.3) is 0 Å². The van der Waals surface area contributed by atoms with Gasteiger partial charge in [-0.05, 0) is 45.7 Å². The van der Waals surface area contributed by atoms with Crippen molar-refractivity contribution < 1.29 is 14.4 Å². The molecule has 0 saturated carbocycles. The van der Waals surface area contributed by atoms with Crippen LogP contribution in [0.3, 0.4) is 0 Å². The van der Waals surface area contributed by atoms with Gasteiger partial charge in [-0.1, -0.05) is 18.6 Å². The molecule has 0 aliphatic carbocycles. The van der Waals surface area contributed by atoms with Gasteiger partial charge in [-0.15, -0.1) is 0 Å². The average molecular weight is 396 g/mol. The fourth-order valence-corrected chi connectivity index (χ4v) is 3.69. The Morgan fingerprint density at radius 1 is 1.10 bits per heavy atom. The van der Waals surface area contributed by atoms with E-state index in [4.69, 9.17) is 0 Å². The van der Waals surface area contributed by atoms with Crippen molar-refractivity contribution in [2.45, 2.75) is 59.0 Å². The molecule has 154 valence electrons. The normalized spacial score (nSPS) is 14.2. The maximum absolute atomic E-state index is 12.3. The van der Waals surface area contributed by atoms with Crippen LogP contribution in [-0.4, -0.2) is 38.9 Å². The molecule has 1 atom stereocenters. The third-order valence-electron chi connectivity index (χ3n) is 5.32. The van der Waals surface area contributed by atoms with Gasteiger partial charge >= 0.3 is 0 Å². The number of fused-ring (bicyclic) bond motifs is 1. The second-order valence-electron chi connectivity index (χ2n) is 7.43. The maximum Gasteiger partial charge on any atom is 0.261 e. The first-order valence-electron chi connectivity index (χ1n) is 10.2. The van der Waals surface area contributed by atoms with Crippen LogP contribution in [0, 0.1) is 6.92 Å². The standard InChI is InChI=1S/C22H28N4O3/c1-4-25-14-19(16(3)24-25)15(2)23-20(27)12-6-5-9-13-26-21(28)17-10-7-8-11-18(17)22(26)29/h7-8,10-11,14-15H,4-6,9,12-13H2,1-3H3,(H,23,27). The number of aryl methyl sites for hydroxylation is 2. The molecule has 29 heavy (non-hydrogen) atoms. The van der Waals surface area contributed by atoms with Crippen LogP contribution in [0.4, 0.5) is 0 Å². The smallest absolute Gasteiger partial charge is 0.261 e. The van der Waals surface area contributed by atoms with E-state index in [-0.39, 0.29) is 23.8 Å². The second-order valence-corrected chi connectivity index (χ2v) is 7.43.